The number of unbranched alkanes of at least 4 members (excludes halogenated alkanes) is 1. The maximum absolute atomic E-state index is 12.6. The monoisotopic (exact) mass is 423 g/mol. The Morgan fingerprint density at radius 1 is 1.29 bits per heavy atom. The summed E-state index contributed by atoms with van der Waals surface area (Å²) in [4.78, 5) is 27.9. The molecular formula is C20H26ClN3O3S. The van der Waals surface area contributed by atoms with Crippen LogP contribution in [-0.2, 0) is 13.0 Å². The summed E-state index contributed by atoms with van der Waals surface area (Å²) < 4.78 is 5.62. The second kappa shape index (κ2) is 9.91. The third-order valence-electron chi connectivity index (χ3n) is 4.60. The van der Waals surface area contributed by atoms with E-state index in [1.165, 1.54) is 11.3 Å². The molecule has 1 aromatic carbocycles. The predicted octanol–water partition coefficient (Wildman–Crippen LogP) is 3.69. The Morgan fingerprint density at radius 3 is 2.64 bits per heavy atom. The van der Waals surface area contributed by atoms with Crippen LogP contribution in [0.3, 0.4) is 0 Å². The van der Waals surface area contributed by atoms with Gasteiger partial charge in [-0.1, -0.05) is 13.3 Å². The Hall–Kier alpha value is -2.09. The number of hydrogen-bond donors (Lipinski definition) is 2. The van der Waals surface area contributed by atoms with E-state index >= 15 is 0 Å². The molecule has 1 aliphatic rings. The Morgan fingerprint density at radius 2 is 2.00 bits per heavy atom. The number of carbonyl (C=O) groups is 2. The third kappa shape index (κ3) is 5.04. The van der Waals surface area contributed by atoms with E-state index in [1.807, 2.05) is 7.05 Å². The largest absolute Gasteiger partial charge is 0.494 e. The van der Waals surface area contributed by atoms with Crippen molar-refractivity contribution in [2.75, 3.05) is 25.5 Å². The first kappa shape index (κ1) is 22.2. The Balaban J connectivity index is 0.00000280. The molecule has 1 aromatic heterocycles. The molecule has 8 heteroatoms. The number of amides is 2. The van der Waals surface area contributed by atoms with Crippen molar-refractivity contribution in [2.24, 2.45) is 5.73 Å². The highest BCUT2D eigenvalue weighted by atomic mass is 35.5. The van der Waals surface area contributed by atoms with Crippen LogP contribution in [0.1, 0.15) is 50.9 Å². The molecule has 0 saturated heterocycles. The molecule has 0 saturated carbocycles. The second-order valence-corrected chi connectivity index (χ2v) is 7.85. The Bertz CT molecular complexity index is 836. The number of nitrogens with two attached hydrogens (primary N) is 1. The maximum atomic E-state index is 12.6. The molecular weight excluding hydrogens is 398 g/mol. The van der Waals surface area contributed by atoms with Crippen LogP contribution in [0.2, 0.25) is 0 Å². The number of anilines is 1. The summed E-state index contributed by atoms with van der Waals surface area (Å²) in [5, 5.41) is 3.41. The number of thiophene rings is 1. The van der Waals surface area contributed by atoms with Gasteiger partial charge in [0.25, 0.3) is 11.8 Å². The van der Waals surface area contributed by atoms with Crippen molar-refractivity contribution in [3.8, 4) is 5.75 Å². The Kier molecular flexibility index (Phi) is 7.86. The van der Waals surface area contributed by atoms with E-state index < -0.39 is 5.91 Å². The molecule has 0 radical (unpaired) electrons. The molecule has 3 N–H and O–H groups in total. The highest BCUT2D eigenvalue weighted by Gasteiger charge is 2.26. The van der Waals surface area contributed by atoms with Crippen molar-refractivity contribution in [2.45, 2.75) is 32.7 Å². The molecule has 2 heterocycles. The first-order chi connectivity index (χ1) is 13.0. The summed E-state index contributed by atoms with van der Waals surface area (Å²) in [7, 11) is 2.04. The lowest BCUT2D eigenvalue weighted by Crippen LogP contribution is -2.27. The number of fused-ring (bicyclic) bond motifs is 1. The van der Waals surface area contributed by atoms with Crippen LogP contribution in [0.15, 0.2) is 24.3 Å². The summed E-state index contributed by atoms with van der Waals surface area (Å²) >= 11 is 1.43. The molecule has 2 aromatic rings. The molecule has 0 aliphatic carbocycles. The van der Waals surface area contributed by atoms with Gasteiger partial charge in [-0.15, -0.1) is 23.7 Å². The molecule has 0 spiro atoms. The first-order valence-corrected chi connectivity index (χ1v) is 9.98. The van der Waals surface area contributed by atoms with Gasteiger partial charge in [0.2, 0.25) is 0 Å². The van der Waals surface area contributed by atoms with Gasteiger partial charge in [-0.3, -0.25) is 9.59 Å². The fraction of sp³-hybridized carbons (Fsp3) is 0.400. The summed E-state index contributed by atoms with van der Waals surface area (Å²) in [6, 6.07) is 7.02. The van der Waals surface area contributed by atoms with Crippen molar-refractivity contribution in [3.63, 3.8) is 0 Å². The van der Waals surface area contributed by atoms with Crippen molar-refractivity contribution in [1.29, 1.82) is 0 Å². The summed E-state index contributed by atoms with van der Waals surface area (Å²) in [6.07, 6.45) is 2.83. The van der Waals surface area contributed by atoms with Gasteiger partial charge < -0.3 is 20.7 Å². The number of ether oxygens (including phenoxy) is 1. The van der Waals surface area contributed by atoms with Gasteiger partial charge in [-0.05, 0) is 49.7 Å². The van der Waals surface area contributed by atoms with Crippen LogP contribution in [0, 0.1) is 0 Å². The molecule has 0 unspecified atom stereocenters. The SMILES string of the molecule is CCCCOc1ccc(C(=O)Nc2sc3c(c2C(N)=O)CCN(C)C3)cc1.Cl. The second-order valence-electron chi connectivity index (χ2n) is 6.74. The summed E-state index contributed by atoms with van der Waals surface area (Å²) in [5.41, 5.74) is 7.53. The van der Waals surface area contributed by atoms with E-state index in [0.717, 1.165) is 48.5 Å². The number of benzene rings is 1. The highest BCUT2D eigenvalue weighted by Crippen LogP contribution is 2.36. The lowest BCUT2D eigenvalue weighted by atomic mass is 10.0. The summed E-state index contributed by atoms with van der Waals surface area (Å²) in [6.45, 7) is 4.41. The number of primary amides is 1. The van der Waals surface area contributed by atoms with E-state index in [-0.39, 0.29) is 18.3 Å². The number of hydrogen-bond acceptors (Lipinski definition) is 5. The number of carbonyl (C=O) groups excluding carboxylic acids is 2. The molecule has 1 aliphatic heterocycles. The van der Waals surface area contributed by atoms with Gasteiger partial charge in [0, 0.05) is 23.5 Å². The minimum absolute atomic E-state index is 0. The van der Waals surface area contributed by atoms with Gasteiger partial charge in [-0.25, -0.2) is 0 Å². The zero-order chi connectivity index (χ0) is 19.4. The van der Waals surface area contributed by atoms with Crippen molar-refractivity contribution in [1.82, 2.24) is 4.90 Å². The zero-order valence-corrected chi connectivity index (χ0v) is 17.8. The molecule has 3 rings (SSSR count). The van der Waals surface area contributed by atoms with Crippen LogP contribution < -0.4 is 15.8 Å². The molecule has 28 heavy (non-hydrogen) atoms. The van der Waals surface area contributed by atoms with Gasteiger partial charge in [0.05, 0.1) is 12.2 Å². The number of halogens is 1. The standard InChI is InChI=1S/C20H25N3O3S.ClH/c1-3-4-11-26-14-7-5-13(6-8-14)19(25)22-20-17(18(21)24)15-9-10-23(2)12-16(15)27-20;/h5-8H,3-4,9-12H2,1-2H3,(H2,21,24)(H,22,25);1H. The van der Waals surface area contributed by atoms with Gasteiger partial charge in [0.1, 0.15) is 10.8 Å². The fourth-order valence-electron chi connectivity index (χ4n) is 3.09. The van der Waals surface area contributed by atoms with Crippen molar-refractivity contribution < 1.29 is 14.3 Å². The highest BCUT2D eigenvalue weighted by molar-refractivity contribution is 7.17. The number of rotatable bonds is 7. The third-order valence-corrected chi connectivity index (χ3v) is 5.74. The lowest BCUT2D eigenvalue weighted by molar-refractivity contribution is 0.1000. The van der Waals surface area contributed by atoms with Crippen LogP contribution in [0.4, 0.5) is 5.00 Å². The molecule has 2 amide bonds. The Labute approximate surface area is 175 Å². The minimum Gasteiger partial charge on any atom is -0.494 e. The topological polar surface area (TPSA) is 84.7 Å². The molecule has 6 nitrogen and oxygen atoms in total. The number of likely N-dealkylation sites (N-methyl/N-ethyl adjacent to an activating group) is 1. The van der Waals surface area contributed by atoms with Crippen molar-refractivity contribution >= 4 is 40.6 Å². The van der Waals surface area contributed by atoms with E-state index in [9.17, 15) is 9.59 Å². The predicted molar refractivity (Wildman–Crippen MR) is 115 cm³/mol. The van der Waals surface area contributed by atoms with Crippen LogP contribution in [-0.4, -0.2) is 36.9 Å². The van der Waals surface area contributed by atoms with Crippen LogP contribution in [0.25, 0.3) is 0 Å². The molecule has 0 bridgehead atoms. The van der Waals surface area contributed by atoms with Gasteiger partial charge in [0.15, 0.2) is 0 Å². The summed E-state index contributed by atoms with van der Waals surface area (Å²) in [5.74, 6) is -0.0102. The quantitative estimate of drug-likeness (QED) is 0.665. The minimum atomic E-state index is -0.493. The number of nitrogens with one attached hydrogen (secondary N) is 1. The van der Waals surface area contributed by atoms with E-state index in [1.54, 1.807) is 24.3 Å². The van der Waals surface area contributed by atoms with Crippen LogP contribution >= 0.6 is 23.7 Å². The van der Waals surface area contributed by atoms with E-state index in [4.69, 9.17) is 10.5 Å². The fourth-order valence-corrected chi connectivity index (χ4v) is 4.42. The molecule has 152 valence electrons. The average Bonchev–Trinajstić information content (AvgIpc) is 2.99. The normalized spacial score (nSPS) is 13.4. The smallest absolute Gasteiger partial charge is 0.256 e. The van der Waals surface area contributed by atoms with Gasteiger partial charge >= 0.3 is 0 Å². The maximum Gasteiger partial charge on any atom is 0.256 e. The van der Waals surface area contributed by atoms with Crippen molar-refractivity contribution in [3.05, 3.63) is 45.8 Å². The molecule has 0 fully saturated rings. The molecule has 0 atom stereocenters. The van der Waals surface area contributed by atoms with Gasteiger partial charge in [-0.2, -0.15) is 0 Å². The zero-order valence-electron chi connectivity index (χ0n) is 16.1. The van der Waals surface area contributed by atoms with Crippen LogP contribution in [0.5, 0.6) is 5.75 Å². The number of nitrogens with zero attached hydrogens (tertiary/aromatic N) is 1. The average molecular weight is 424 g/mol. The first-order valence-electron chi connectivity index (χ1n) is 9.16. The van der Waals surface area contributed by atoms with E-state index in [0.29, 0.717) is 22.7 Å². The lowest BCUT2D eigenvalue weighted by Gasteiger charge is -2.22. The van der Waals surface area contributed by atoms with E-state index in [2.05, 4.69) is 17.1 Å².